The number of carboxylic acids is 1. The average Bonchev–Trinajstić information content (AvgIpc) is 2.99. The number of aromatic hydroxyl groups is 1. The lowest BCUT2D eigenvalue weighted by Crippen LogP contribution is -2.29. The lowest BCUT2D eigenvalue weighted by molar-refractivity contribution is 0.0692. The van der Waals surface area contributed by atoms with E-state index < -0.39 is 29.4 Å². The van der Waals surface area contributed by atoms with Gasteiger partial charge in [-0.1, -0.05) is 11.6 Å². The molecule has 3 aromatic rings. The number of carbonyl (C=O) groups is 4. The van der Waals surface area contributed by atoms with Gasteiger partial charge in [0.2, 0.25) is 0 Å². The molecule has 1 aliphatic heterocycles. The molecule has 0 radical (unpaired) electrons. The molecule has 3 amide bonds. The Morgan fingerprint density at radius 1 is 0.871 bits per heavy atom. The Hall–Kier alpha value is -4.17. The first kappa shape index (κ1) is 20.1. The van der Waals surface area contributed by atoms with Crippen LogP contribution < -0.4 is 10.2 Å². The standard InChI is InChI=1S/C22H13ClN2O6/c23-12-2-5-14(6-3-12)25-20(28)15-7-1-11(9-16(15)21(25)29)19(27)24-13-4-8-18(26)17(10-13)22(30)31/h1-10,26H,(H,24,27)(H,30,31). The molecule has 0 spiro atoms. The van der Waals surface area contributed by atoms with E-state index in [1.807, 2.05) is 0 Å². The number of carboxylic acid groups (broad SMARTS) is 1. The van der Waals surface area contributed by atoms with Crippen LogP contribution in [0.2, 0.25) is 5.02 Å². The van der Waals surface area contributed by atoms with Crippen molar-refractivity contribution in [1.29, 1.82) is 0 Å². The van der Waals surface area contributed by atoms with Crippen molar-refractivity contribution in [3.8, 4) is 5.75 Å². The molecule has 3 N–H and O–H groups in total. The number of halogens is 1. The minimum Gasteiger partial charge on any atom is -0.507 e. The number of fused-ring (bicyclic) bond motifs is 1. The van der Waals surface area contributed by atoms with E-state index in [1.165, 1.54) is 24.3 Å². The number of anilines is 2. The first-order chi connectivity index (χ1) is 14.8. The van der Waals surface area contributed by atoms with Gasteiger partial charge in [-0.15, -0.1) is 0 Å². The molecule has 1 heterocycles. The summed E-state index contributed by atoms with van der Waals surface area (Å²) in [5.74, 6) is -3.49. The van der Waals surface area contributed by atoms with Crippen molar-refractivity contribution in [1.82, 2.24) is 0 Å². The molecular formula is C22H13ClN2O6. The summed E-state index contributed by atoms with van der Waals surface area (Å²) in [5.41, 5.74) is 0.463. The van der Waals surface area contributed by atoms with Crippen LogP contribution in [0.15, 0.2) is 60.7 Å². The fourth-order valence-corrected chi connectivity index (χ4v) is 3.32. The lowest BCUT2D eigenvalue weighted by Gasteiger charge is -2.13. The van der Waals surface area contributed by atoms with Crippen LogP contribution in [0.5, 0.6) is 5.75 Å². The number of hydrogen-bond acceptors (Lipinski definition) is 5. The highest BCUT2D eigenvalue weighted by Crippen LogP contribution is 2.30. The fraction of sp³-hybridized carbons (Fsp3) is 0. The number of imide groups is 1. The summed E-state index contributed by atoms with van der Waals surface area (Å²) in [5, 5.41) is 21.6. The third-order valence-electron chi connectivity index (χ3n) is 4.72. The zero-order valence-corrected chi connectivity index (χ0v) is 16.4. The SMILES string of the molecule is O=C(Nc1ccc(O)c(C(=O)O)c1)c1ccc2c(c1)C(=O)N(c1ccc(Cl)cc1)C2=O. The molecule has 0 bridgehead atoms. The van der Waals surface area contributed by atoms with Crippen LogP contribution in [0, 0.1) is 0 Å². The maximum absolute atomic E-state index is 12.8. The van der Waals surface area contributed by atoms with Gasteiger partial charge in [-0.25, -0.2) is 9.69 Å². The zero-order chi connectivity index (χ0) is 22.3. The molecule has 9 heteroatoms. The monoisotopic (exact) mass is 436 g/mol. The van der Waals surface area contributed by atoms with Crippen molar-refractivity contribution >= 4 is 46.7 Å². The van der Waals surface area contributed by atoms with Gasteiger partial charge in [-0.2, -0.15) is 0 Å². The van der Waals surface area contributed by atoms with Crippen LogP contribution in [0.4, 0.5) is 11.4 Å². The van der Waals surface area contributed by atoms with Crippen LogP contribution in [-0.4, -0.2) is 33.9 Å². The number of amides is 3. The van der Waals surface area contributed by atoms with Crippen molar-refractivity contribution in [3.63, 3.8) is 0 Å². The Labute approximate surface area is 180 Å². The number of phenols is 1. The zero-order valence-electron chi connectivity index (χ0n) is 15.6. The fourth-order valence-electron chi connectivity index (χ4n) is 3.20. The molecule has 1 aliphatic rings. The largest absolute Gasteiger partial charge is 0.507 e. The van der Waals surface area contributed by atoms with Gasteiger partial charge in [0.25, 0.3) is 17.7 Å². The van der Waals surface area contributed by atoms with E-state index in [0.29, 0.717) is 10.7 Å². The number of nitrogens with zero attached hydrogens (tertiary/aromatic N) is 1. The van der Waals surface area contributed by atoms with E-state index >= 15 is 0 Å². The third kappa shape index (κ3) is 3.60. The molecule has 0 atom stereocenters. The second kappa shape index (κ2) is 7.58. The quantitative estimate of drug-likeness (QED) is 0.422. The Bertz CT molecular complexity index is 1270. The molecule has 3 aromatic carbocycles. The van der Waals surface area contributed by atoms with E-state index in [1.54, 1.807) is 24.3 Å². The second-order valence-electron chi connectivity index (χ2n) is 6.67. The minimum atomic E-state index is -1.35. The molecule has 0 saturated carbocycles. The summed E-state index contributed by atoms with van der Waals surface area (Å²) in [6.45, 7) is 0. The predicted molar refractivity (Wildman–Crippen MR) is 112 cm³/mol. The highest BCUT2D eigenvalue weighted by atomic mass is 35.5. The summed E-state index contributed by atoms with van der Waals surface area (Å²) < 4.78 is 0. The van der Waals surface area contributed by atoms with Gasteiger partial charge in [0.15, 0.2) is 0 Å². The van der Waals surface area contributed by atoms with Gasteiger partial charge in [0.05, 0.1) is 16.8 Å². The molecule has 4 rings (SSSR count). The van der Waals surface area contributed by atoms with Crippen LogP contribution >= 0.6 is 11.6 Å². The Balaban J connectivity index is 1.61. The van der Waals surface area contributed by atoms with Crippen LogP contribution in [0.1, 0.15) is 41.4 Å². The normalized spacial score (nSPS) is 12.6. The van der Waals surface area contributed by atoms with Gasteiger partial charge < -0.3 is 15.5 Å². The molecule has 0 saturated heterocycles. The number of aromatic carboxylic acids is 1. The number of hydrogen-bond donors (Lipinski definition) is 3. The summed E-state index contributed by atoms with van der Waals surface area (Å²) >= 11 is 5.86. The highest BCUT2D eigenvalue weighted by Gasteiger charge is 2.37. The van der Waals surface area contributed by atoms with Gasteiger partial charge in [0, 0.05) is 16.3 Å². The molecule has 0 fully saturated rings. The Morgan fingerprint density at radius 2 is 1.55 bits per heavy atom. The second-order valence-corrected chi connectivity index (χ2v) is 7.11. The number of carbonyl (C=O) groups excluding carboxylic acids is 3. The minimum absolute atomic E-state index is 0.0736. The van der Waals surface area contributed by atoms with Crippen molar-refractivity contribution in [2.75, 3.05) is 10.2 Å². The number of benzene rings is 3. The van der Waals surface area contributed by atoms with Gasteiger partial charge in [-0.3, -0.25) is 14.4 Å². The lowest BCUT2D eigenvalue weighted by atomic mass is 10.1. The molecule has 154 valence electrons. The number of rotatable bonds is 4. The molecule has 0 aromatic heterocycles. The van der Waals surface area contributed by atoms with E-state index in [9.17, 15) is 24.3 Å². The topological polar surface area (TPSA) is 124 Å². The van der Waals surface area contributed by atoms with Crippen molar-refractivity contribution in [3.05, 3.63) is 87.9 Å². The van der Waals surface area contributed by atoms with Gasteiger partial charge in [-0.05, 0) is 60.7 Å². The van der Waals surface area contributed by atoms with Crippen LogP contribution in [0.25, 0.3) is 0 Å². The molecule has 8 nitrogen and oxygen atoms in total. The first-order valence-corrected chi connectivity index (χ1v) is 9.30. The van der Waals surface area contributed by atoms with Crippen molar-refractivity contribution in [2.24, 2.45) is 0 Å². The van der Waals surface area contributed by atoms with Gasteiger partial charge in [0.1, 0.15) is 11.3 Å². The van der Waals surface area contributed by atoms with E-state index in [2.05, 4.69) is 5.32 Å². The summed E-state index contributed by atoms with van der Waals surface area (Å²) in [6.07, 6.45) is 0. The average molecular weight is 437 g/mol. The van der Waals surface area contributed by atoms with Gasteiger partial charge >= 0.3 is 5.97 Å². The van der Waals surface area contributed by atoms with Crippen LogP contribution in [-0.2, 0) is 0 Å². The molecular weight excluding hydrogens is 424 g/mol. The maximum atomic E-state index is 12.8. The summed E-state index contributed by atoms with van der Waals surface area (Å²) in [4.78, 5) is 50.3. The summed E-state index contributed by atoms with van der Waals surface area (Å²) in [7, 11) is 0. The third-order valence-corrected chi connectivity index (χ3v) is 4.97. The predicted octanol–water partition coefficient (Wildman–Crippen LogP) is 3.80. The Morgan fingerprint density at radius 3 is 2.23 bits per heavy atom. The smallest absolute Gasteiger partial charge is 0.339 e. The summed E-state index contributed by atoms with van der Waals surface area (Å²) in [6, 6.07) is 13.9. The molecule has 0 unspecified atom stereocenters. The van der Waals surface area contributed by atoms with Crippen LogP contribution in [0.3, 0.4) is 0 Å². The first-order valence-electron chi connectivity index (χ1n) is 8.92. The van der Waals surface area contributed by atoms with Crippen molar-refractivity contribution < 1.29 is 29.4 Å². The number of nitrogens with one attached hydrogen (secondary N) is 1. The van der Waals surface area contributed by atoms with E-state index in [0.717, 1.165) is 17.0 Å². The van der Waals surface area contributed by atoms with E-state index in [-0.39, 0.29) is 27.9 Å². The van der Waals surface area contributed by atoms with Crippen molar-refractivity contribution in [2.45, 2.75) is 0 Å². The molecule has 0 aliphatic carbocycles. The highest BCUT2D eigenvalue weighted by molar-refractivity contribution is 6.35. The Kier molecular flexibility index (Phi) is 4.92. The maximum Gasteiger partial charge on any atom is 0.339 e. The van der Waals surface area contributed by atoms with E-state index in [4.69, 9.17) is 16.7 Å². The molecule has 31 heavy (non-hydrogen) atoms.